The van der Waals surface area contributed by atoms with Crippen LogP contribution in [0.1, 0.15) is 40.5 Å². The number of allylic oxidation sites excluding steroid dienone is 2. The molecule has 0 spiro atoms. The summed E-state index contributed by atoms with van der Waals surface area (Å²) in [5.41, 5.74) is 0. The van der Waals surface area contributed by atoms with Gasteiger partial charge in [-0.2, -0.15) is 0 Å². The summed E-state index contributed by atoms with van der Waals surface area (Å²) in [6.07, 6.45) is 8.67. The van der Waals surface area contributed by atoms with Crippen LogP contribution in [-0.2, 0) is 0 Å². The lowest BCUT2D eigenvalue weighted by atomic mass is 9.85. The van der Waals surface area contributed by atoms with E-state index in [1.807, 2.05) is 0 Å². The van der Waals surface area contributed by atoms with Crippen molar-refractivity contribution >= 4 is 0 Å². The smallest absolute Gasteiger partial charge is 0.0320 e. The molecular weight excluding hydrogens is 120 g/mol. The van der Waals surface area contributed by atoms with Crippen molar-refractivity contribution in [3.8, 4) is 0 Å². The molecule has 0 radical (unpaired) electrons. The lowest BCUT2D eigenvalue weighted by molar-refractivity contribution is 0.356. The van der Waals surface area contributed by atoms with Crippen molar-refractivity contribution in [2.24, 2.45) is 11.8 Å². The van der Waals surface area contributed by atoms with E-state index in [2.05, 4.69) is 26.0 Å². The molecule has 0 fully saturated rings. The molecular formula is C10H20. The van der Waals surface area contributed by atoms with Crippen LogP contribution in [0.15, 0.2) is 12.2 Å². The van der Waals surface area contributed by atoms with Crippen LogP contribution >= 0.6 is 0 Å². The van der Waals surface area contributed by atoms with E-state index in [9.17, 15) is 0 Å². The van der Waals surface area contributed by atoms with Gasteiger partial charge in [0.05, 0.1) is 0 Å². The quantitative estimate of drug-likeness (QED) is 0.488. The molecule has 1 unspecified atom stereocenters. The molecule has 1 aliphatic rings. The minimum absolute atomic E-state index is 0. The largest absolute Gasteiger partial charge is 0.0885 e. The highest BCUT2D eigenvalue weighted by atomic mass is 14.2. The monoisotopic (exact) mass is 140 g/mol. The molecule has 0 bridgehead atoms. The predicted molar refractivity (Wildman–Crippen MR) is 48.1 cm³/mol. The van der Waals surface area contributed by atoms with Crippen LogP contribution in [0.2, 0.25) is 0 Å². The average molecular weight is 140 g/mol. The molecule has 0 N–H and O–H groups in total. The highest BCUT2D eigenvalue weighted by molar-refractivity contribution is 4.90. The van der Waals surface area contributed by atoms with Gasteiger partial charge < -0.3 is 0 Å². The highest BCUT2D eigenvalue weighted by Crippen LogP contribution is 2.24. The first kappa shape index (κ1) is 9.74. The van der Waals surface area contributed by atoms with E-state index in [0.717, 1.165) is 11.8 Å². The first-order valence-corrected chi connectivity index (χ1v) is 3.95. The molecule has 0 saturated carbocycles. The summed E-state index contributed by atoms with van der Waals surface area (Å²) in [5.74, 6) is 1.85. The topological polar surface area (TPSA) is 0 Å². The number of hydrogen-bond acceptors (Lipinski definition) is 0. The van der Waals surface area contributed by atoms with Crippen molar-refractivity contribution < 1.29 is 0 Å². The van der Waals surface area contributed by atoms with Gasteiger partial charge in [-0.25, -0.2) is 0 Å². The maximum atomic E-state index is 2.33. The maximum Gasteiger partial charge on any atom is -0.0320 e. The molecule has 1 atom stereocenters. The van der Waals surface area contributed by atoms with Gasteiger partial charge in [0.25, 0.3) is 0 Å². The molecule has 60 valence electrons. The van der Waals surface area contributed by atoms with Crippen molar-refractivity contribution in [3.05, 3.63) is 12.2 Å². The van der Waals surface area contributed by atoms with Crippen LogP contribution in [0.3, 0.4) is 0 Å². The molecule has 0 heteroatoms. The van der Waals surface area contributed by atoms with Crippen LogP contribution < -0.4 is 0 Å². The summed E-state index contributed by atoms with van der Waals surface area (Å²) in [4.78, 5) is 0. The highest BCUT2D eigenvalue weighted by Gasteiger charge is 2.12. The van der Waals surface area contributed by atoms with E-state index >= 15 is 0 Å². The van der Waals surface area contributed by atoms with Gasteiger partial charge in [0.1, 0.15) is 0 Å². The Hall–Kier alpha value is -0.260. The van der Waals surface area contributed by atoms with Gasteiger partial charge in [-0.15, -0.1) is 0 Å². The zero-order chi connectivity index (χ0) is 6.69. The molecule has 0 aliphatic heterocycles. The average Bonchev–Trinajstić information content (AvgIpc) is 1.90. The summed E-state index contributed by atoms with van der Waals surface area (Å²) >= 11 is 0. The van der Waals surface area contributed by atoms with Gasteiger partial charge in [0.2, 0.25) is 0 Å². The van der Waals surface area contributed by atoms with Gasteiger partial charge in [0.15, 0.2) is 0 Å². The molecule has 0 heterocycles. The summed E-state index contributed by atoms with van der Waals surface area (Å²) in [6, 6.07) is 0. The van der Waals surface area contributed by atoms with Crippen molar-refractivity contribution in [3.63, 3.8) is 0 Å². The summed E-state index contributed by atoms with van der Waals surface area (Å²) in [5, 5.41) is 0. The standard InChI is InChI=1S/C9H16.CH4/c1-8(2)9-6-4-3-5-7-9;/h3-4,8-9H,5-7H2,1-2H3;1H4. The zero-order valence-electron chi connectivity index (χ0n) is 6.43. The molecule has 0 saturated heterocycles. The second-order valence-corrected chi connectivity index (χ2v) is 3.29. The van der Waals surface area contributed by atoms with Crippen LogP contribution in [0, 0.1) is 11.8 Å². The molecule has 10 heavy (non-hydrogen) atoms. The van der Waals surface area contributed by atoms with Gasteiger partial charge >= 0.3 is 0 Å². The fraction of sp³-hybridized carbons (Fsp3) is 0.800. The van der Waals surface area contributed by atoms with Gasteiger partial charge in [-0.3, -0.25) is 0 Å². The Morgan fingerprint density at radius 1 is 1.30 bits per heavy atom. The Labute approximate surface area is 65.3 Å². The fourth-order valence-corrected chi connectivity index (χ4v) is 1.42. The van der Waals surface area contributed by atoms with Crippen LogP contribution in [0.4, 0.5) is 0 Å². The van der Waals surface area contributed by atoms with Crippen molar-refractivity contribution in [1.82, 2.24) is 0 Å². The van der Waals surface area contributed by atoms with Crippen LogP contribution in [-0.4, -0.2) is 0 Å². The van der Waals surface area contributed by atoms with Crippen LogP contribution in [0.5, 0.6) is 0 Å². The van der Waals surface area contributed by atoms with Crippen molar-refractivity contribution in [2.45, 2.75) is 40.5 Å². The Morgan fingerprint density at radius 2 is 2.00 bits per heavy atom. The molecule has 0 aromatic carbocycles. The van der Waals surface area contributed by atoms with E-state index in [0.29, 0.717) is 0 Å². The molecule has 0 aromatic heterocycles. The van der Waals surface area contributed by atoms with E-state index in [1.165, 1.54) is 19.3 Å². The van der Waals surface area contributed by atoms with E-state index in [1.54, 1.807) is 0 Å². The first-order chi connectivity index (χ1) is 4.30. The van der Waals surface area contributed by atoms with Gasteiger partial charge in [-0.1, -0.05) is 33.4 Å². The minimum atomic E-state index is 0. The second kappa shape index (κ2) is 4.54. The third-order valence-electron chi connectivity index (χ3n) is 2.25. The molecule has 0 amide bonds. The normalized spacial score (nSPS) is 24.5. The van der Waals surface area contributed by atoms with Gasteiger partial charge in [0, 0.05) is 0 Å². The Balaban J connectivity index is 0.000000810. The maximum absolute atomic E-state index is 2.33. The number of rotatable bonds is 1. The number of hydrogen-bond donors (Lipinski definition) is 0. The molecule has 1 rings (SSSR count). The van der Waals surface area contributed by atoms with Crippen LogP contribution in [0.25, 0.3) is 0 Å². The molecule has 1 aliphatic carbocycles. The Bertz CT molecular complexity index is 101. The Morgan fingerprint density at radius 3 is 2.30 bits per heavy atom. The minimum Gasteiger partial charge on any atom is -0.0885 e. The van der Waals surface area contributed by atoms with Crippen molar-refractivity contribution in [1.29, 1.82) is 0 Å². The van der Waals surface area contributed by atoms with E-state index in [4.69, 9.17) is 0 Å². The molecule has 0 aromatic rings. The first-order valence-electron chi connectivity index (χ1n) is 3.95. The summed E-state index contributed by atoms with van der Waals surface area (Å²) < 4.78 is 0. The molecule has 0 nitrogen and oxygen atoms in total. The second-order valence-electron chi connectivity index (χ2n) is 3.29. The predicted octanol–water partition coefficient (Wildman–Crippen LogP) is 3.63. The Kier molecular flexibility index (Phi) is 4.42. The fourth-order valence-electron chi connectivity index (χ4n) is 1.42. The third-order valence-corrected chi connectivity index (χ3v) is 2.25. The lowest BCUT2D eigenvalue weighted by Crippen LogP contribution is -2.09. The van der Waals surface area contributed by atoms with Crippen molar-refractivity contribution in [2.75, 3.05) is 0 Å². The SMILES string of the molecule is C.CC(C)C1CC=CCC1. The summed E-state index contributed by atoms with van der Waals surface area (Å²) in [7, 11) is 0. The van der Waals surface area contributed by atoms with E-state index < -0.39 is 0 Å². The summed E-state index contributed by atoms with van der Waals surface area (Å²) in [6.45, 7) is 4.65. The lowest BCUT2D eigenvalue weighted by Gasteiger charge is -2.20. The van der Waals surface area contributed by atoms with Gasteiger partial charge in [-0.05, 0) is 31.1 Å². The zero-order valence-corrected chi connectivity index (χ0v) is 6.43. The third kappa shape index (κ3) is 2.55. The van der Waals surface area contributed by atoms with E-state index in [-0.39, 0.29) is 7.43 Å².